The van der Waals surface area contributed by atoms with E-state index < -0.39 is 0 Å². The lowest BCUT2D eigenvalue weighted by Crippen LogP contribution is -2.32. The monoisotopic (exact) mass is 319 g/mol. The van der Waals surface area contributed by atoms with E-state index in [9.17, 15) is 4.79 Å². The maximum atomic E-state index is 12.2. The summed E-state index contributed by atoms with van der Waals surface area (Å²) >= 11 is 0. The van der Waals surface area contributed by atoms with Crippen LogP contribution in [0.1, 0.15) is 29.5 Å². The Morgan fingerprint density at radius 3 is 2.79 bits per heavy atom. The number of fused-ring (bicyclic) bond motifs is 1. The highest BCUT2D eigenvalue weighted by molar-refractivity contribution is 5.91. The van der Waals surface area contributed by atoms with Crippen LogP contribution in [0.25, 0.3) is 0 Å². The van der Waals surface area contributed by atoms with E-state index in [1.807, 2.05) is 0 Å². The number of carbonyl (C=O) groups excluding carboxylic acids is 1. The van der Waals surface area contributed by atoms with Crippen LogP contribution in [0.15, 0.2) is 42.5 Å². The predicted molar refractivity (Wildman–Crippen MR) is 96.1 cm³/mol. The van der Waals surface area contributed by atoms with E-state index >= 15 is 0 Å². The zero-order valence-electron chi connectivity index (χ0n) is 13.9. The van der Waals surface area contributed by atoms with E-state index in [2.05, 4.69) is 41.4 Å². The molecule has 1 amide bonds. The minimum Gasteiger partial charge on any atom is -0.371 e. The minimum absolute atomic E-state index is 0.000979. The van der Waals surface area contributed by atoms with Gasteiger partial charge in [-0.15, -0.1) is 0 Å². The standard InChI is InChI=1S/C20H21N3O/c1-15-4-9-19-17(13-15)3-2-11-23(19)12-10-20(24)22-18-7-5-16(14-21)6-8-18/h4-9,13H,2-3,10-12H2,1H3,(H,22,24). The Morgan fingerprint density at radius 2 is 2.04 bits per heavy atom. The molecule has 0 unspecified atom stereocenters. The van der Waals surface area contributed by atoms with Crippen molar-refractivity contribution in [3.05, 3.63) is 59.2 Å². The molecule has 0 radical (unpaired) electrons. The number of hydrogen-bond acceptors (Lipinski definition) is 3. The van der Waals surface area contributed by atoms with Crippen LogP contribution in [-0.2, 0) is 11.2 Å². The number of carbonyl (C=O) groups is 1. The third-order valence-electron chi connectivity index (χ3n) is 4.36. The normalized spacial score (nSPS) is 13.1. The van der Waals surface area contributed by atoms with E-state index in [1.165, 1.54) is 16.8 Å². The predicted octanol–water partition coefficient (Wildman–Crippen LogP) is 3.65. The van der Waals surface area contributed by atoms with Crippen molar-refractivity contribution in [1.82, 2.24) is 0 Å². The smallest absolute Gasteiger partial charge is 0.226 e. The summed E-state index contributed by atoms with van der Waals surface area (Å²) in [5, 5.41) is 11.7. The number of nitrogens with one attached hydrogen (secondary N) is 1. The fourth-order valence-corrected chi connectivity index (χ4v) is 3.12. The van der Waals surface area contributed by atoms with Gasteiger partial charge < -0.3 is 10.2 Å². The summed E-state index contributed by atoms with van der Waals surface area (Å²) < 4.78 is 0. The molecule has 0 bridgehead atoms. The average Bonchev–Trinajstić information content (AvgIpc) is 2.60. The molecule has 1 aliphatic rings. The molecule has 2 aromatic rings. The fourth-order valence-electron chi connectivity index (χ4n) is 3.12. The summed E-state index contributed by atoms with van der Waals surface area (Å²) in [5.74, 6) is -0.000979. The number of anilines is 2. The summed E-state index contributed by atoms with van der Waals surface area (Å²) in [5.41, 5.74) is 5.25. The first kappa shape index (κ1) is 16.1. The molecule has 0 fully saturated rings. The van der Waals surface area contributed by atoms with Crippen molar-refractivity contribution in [2.24, 2.45) is 0 Å². The molecule has 0 aliphatic carbocycles. The van der Waals surface area contributed by atoms with Crippen molar-refractivity contribution in [2.75, 3.05) is 23.3 Å². The minimum atomic E-state index is -0.000979. The van der Waals surface area contributed by atoms with E-state index in [1.54, 1.807) is 24.3 Å². The topological polar surface area (TPSA) is 56.1 Å². The Hall–Kier alpha value is -2.80. The molecule has 122 valence electrons. The zero-order chi connectivity index (χ0) is 16.9. The average molecular weight is 319 g/mol. The van der Waals surface area contributed by atoms with E-state index in [-0.39, 0.29) is 5.91 Å². The molecule has 4 heteroatoms. The van der Waals surface area contributed by atoms with E-state index in [0.29, 0.717) is 12.0 Å². The lowest BCUT2D eigenvalue weighted by atomic mass is 9.99. The highest BCUT2D eigenvalue weighted by Gasteiger charge is 2.17. The van der Waals surface area contributed by atoms with E-state index in [4.69, 9.17) is 5.26 Å². The van der Waals surface area contributed by atoms with Crippen LogP contribution in [0, 0.1) is 18.3 Å². The van der Waals surface area contributed by atoms with E-state index in [0.717, 1.165) is 31.6 Å². The second-order valence-electron chi connectivity index (χ2n) is 6.21. The van der Waals surface area contributed by atoms with Crippen LogP contribution >= 0.6 is 0 Å². The van der Waals surface area contributed by atoms with Gasteiger partial charge in [0.25, 0.3) is 0 Å². The Balaban J connectivity index is 1.58. The lowest BCUT2D eigenvalue weighted by molar-refractivity contribution is -0.116. The summed E-state index contributed by atoms with van der Waals surface area (Å²) in [6, 6.07) is 15.6. The summed E-state index contributed by atoms with van der Waals surface area (Å²) in [4.78, 5) is 14.5. The second kappa shape index (κ2) is 7.18. The number of nitrogens with zero attached hydrogens (tertiary/aromatic N) is 2. The van der Waals surface area contributed by atoms with Crippen molar-refractivity contribution in [1.29, 1.82) is 5.26 Å². The molecule has 1 aliphatic heterocycles. The molecule has 1 N–H and O–H groups in total. The van der Waals surface area contributed by atoms with Gasteiger partial charge in [-0.1, -0.05) is 17.7 Å². The first-order chi connectivity index (χ1) is 11.7. The number of rotatable bonds is 4. The highest BCUT2D eigenvalue weighted by atomic mass is 16.1. The quantitative estimate of drug-likeness (QED) is 0.936. The Morgan fingerprint density at radius 1 is 1.25 bits per heavy atom. The van der Waals surface area contributed by atoms with Gasteiger partial charge >= 0.3 is 0 Å². The van der Waals surface area contributed by atoms with Gasteiger partial charge in [0.05, 0.1) is 11.6 Å². The molecule has 0 atom stereocenters. The molecule has 0 aromatic heterocycles. The maximum absolute atomic E-state index is 12.2. The molecule has 2 aromatic carbocycles. The first-order valence-electron chi connectivity index (χ1n) is 8.30. The van der Waals surface area contributed by atoms with Gasteiger partial charge in [0, 0.05) is 30.9 Å². The van der Waals surface area contributed by atoms with Gasteiger partial charge in [0.15, 0.2) is 0 Å². The number of benzene rings is 2. The Bertz CT molecular complexity index is 774. The first-order valence-corrected chi connectivity index (χ1v) is 8.30. The lowest BCUT2D eigenvalue weighted by Gasteiger charge is -2.31. The van der Waals surface area contributed by atoms with Gasteiger partial charge in [-0.25, -0.2) is 0 Å². The van der Waals surface area contributed by atoms with Gasteiger partial charge in [-0.2, -0.15) is 5.26 Å². The van der Waals surface area contributed by atoms with Gasteiger partial charge in [0.1, 0.15) is 0 Å². The van der Waals surface area contributed by atoms with Crippen LogP contribution in [-0.4, -0.2) is 19.0 Å². The second-order valence-corrected chi connectivity index (χ2v) is 6.21. The maximum Gasteiger partial charge on any atom is 0.226 e. The molecular formula is C20H21N3O. The molecule has 0 saturated heterocycles. The summed E-state index contributed by atoms with van der Waals surface area (Å²) in [6.07, 6.45) is 2.70. The summed E-state index contributed by atoms with van der Waals surface area (Å²) in [6.45, 7) is 3.84. The number of aryl methyl sites for hydroxylation is 2. The molecule has 4 nitrogen and oxygen atoms in total. The Labute approximate surface area is 142 Å². The largest absolute Gasteiger partial charge is 0.371 e. The van der Waals surface area contributed by atoms with Crippen molar-refractivity contribution in [2.45, 2.75) is 26.2 Å². The van der Waals surface area contributed by atoms with Crippen LogP contribution in [0.4, 0.5) is 11.4 Å². The molecule has 1 heterocycles. The zero-order valence-corrected chi connectivity index (χ0v) is 13.9. The number of nitriles is 1. The van der Waals surface area contributed by atoms with Crippen molar-refractivity contribution in [3.63, 3.8) is 0 Å². The molecule has 3 rings (SSSR count). The molecule has 24 heavy (non-hydrogen) atoms. The third-order valence-corrected chi connectivity index (χ3v) is 4.36. The SMILES string of the molecule is Cc1ccc2c(c1)CCCN2CCC(=O)Nc1ccc(C#N)cc1. The van der Waals surface area contributed by atoms with Crippen LogP contribution in [0.2, 0.25) is 0 Å². The van der Waals surface area contributed by atoms with Crippen molar-refractivity contribution < 1.29 is 4.79 Å². The third kappa shape index (κ3) is 3.75. The number of amides is 1. The van der Waals surface area contributed by atoms with Crippen LogP contribution in [0.3, 0.4) is 0 Å². The summed E-state index contributed by atoms with van der Waals surface area (Å²) in [7, 11) is 0. The van der Waals surface area contributed by atoms with Crippen LogP contribution in [0.5, 0.6) is 0 Å². The number of hydrogen-bond donors (Lipinski definition) is 1. The van der Waals surface area contributed by atoms with Crippen molar-refractivity contribution >= 4 is 17.3 Å². The van der Waals surface area contributed by atoms with Gasteiger partial charge in [-0.05, 0) is 55.7 Å². The Kier molecular flexibility index (Phi) is 4.81. The highest BCUT2D eigenvalue weighted by Crippen LogP contribution is 2.28. The molecule has 0 spiro atoms. The van der Waals surface area contributed by atoms with Gasteiger partial charge in [0.2, 0.25) is 5.91 Å². The fraction of sp³-hybridized carbons (Fsp3) is 0.300. The molecular weight excluding hydrogens is 298 g/mol. The van der Waals surface area contributed by atoms with Crippen LogP contribution < -0.4 is 10.2 Å². The van der Waals surface area contributed by atoms with Crippen molar-refractivity contribution in [3.8, 4) is 6.07 Å². The molecule has 0 saturated carbocycles. The van der Waals surface area contributed by atoms with Gasteiger partial charge in [-0.3, -0.25) is 4.79 Å².